The molecule has 1 fully saturated rings. The molecule has 4 nitrogen and oxygen atoms in total. The van der Waals surface area contributed by atoms with Gasteiger partial charge in [0.2, 0.25) is 0 Å². The maximum absolute atomic E-state index is 11.1. The molecule has 1 rings (SSSR count). The first-order chi connectivity index (χ1) is 6.27. The Balaban J connectivity index is 2.31. The van der Waals surface area contributed by atoms with Gasteiger partial charge in [0.1, 0.15) is 0 Å². The van der Waals surface area contributed by atoms with Crippen LogP contribution in [0, 0.1) is 12.3 Å². The minimum Gasteiger partial charge on any atom is -0.453 e. The standard InChI is InChI=1S/C9H14N2O2/c1-3-4-10-5-7-11(8-6-10)9(12)13-2/h1H,4-8H2,2H3. The smallest absolute Gasteiger partial charge is 0.409 e. The highest BCUT2D eigenvalue weighted by Gasteiger charge is 2.20. The molecule has 1 heterocycles. The Hall–Kier alpha value is -1.21. The molecule has 0 saturated carbocycles. The van der Waals surface area contributed by atoms with E-state index in [9.17, 15) is 4.79 Å². The normalized spacial score (nSPS) is 18.0. The molecule has 0 unspecified atom stereocenters. The van der Waals surface area contributed by atoms with E-state index in [2.05, 4.69) is 15.6 Å². The number of nitrogens with zero attached hydrogens (tertiary/aromatic N) is 2. The quantitative estimate of drug-likeness (QED) is 0.535. The van der Waals surface area contributed by atoms with Gasteiger partial charge in [0.15, 0.2) is 0 Å². The van der Waals surface area contributed by atoms with Crippen LogP contribution >= 0.6 is 0 Å². The van der Waals surface area contributed by atoms with Crippen molar-refractivity contribution in [3.63, 3.8) is 0 Å². The van der Waals surface area contributed by atoms with Gasteiger partial charge in [-0.25, -0.2) is 4.79 Å². The first kappa shape index (κ1) is 9.87. The third-order valence-electron chi connectivity index (χ3n) is 2.12. The van der Waals surface area contributed by atoms with E-state index >= 15 is 0 Å². The van der Waals surface area contributed by atoms with Crippen LogP contribution < -0.4 is 0 Å². The molecule has 72 valence electrons. The van der Waals surface area contributed by atoms with Crippen molar-refractivity contribution < 1.29 is 9.53 Å². The summed E-state index contributed by atoms with van der Waals surface area (Å²) in [5.74, 6) is 2.59. The van der Waals surface area contributed by atoms with Crippen molar-refractivity contribution in [1.29, 1.82) is 0 Å². The van der Waals surface area contributed by atoms with Gasteiger partial charge in [-0.3, -0.25) is 4.90 Å². The summed E-state index contributed by atoms with van der Waals surface area (Å²) in [6.07, 6.45) is 4.93. The van der Waals surface area contributed by atoms with Crippen LogP contribution in [0.4, 0.5) is 4.79 Å². The van der Waals surface area contributed by atoms with E-state index in [0.717, 1.165) is 13.1 Å². The maximum atomic E-state index is 11.1. The van der Waals surface area contributed by atoms with Gasteiger partial charge in [0.05, 0.1) is 13.7 Å². The Labute approximate surface area is 78.4 Å². The summed E-state index contributed by atoms with van der Waals surface area (Å²) in [5, 5.41) is 0. The van der Waals surface area contributed by atoms with Crippen molar-refractivity contribution in [1.82, 2.24) is 9.80 Å². The maximum Gasteiger partial charge on any atom is 0.409 e. The predicted octanol–water partition coefficient (Wildman–Crippen LogP) is 0.00360. The molecule has 0 N–H and O–H groups in total. The van der Waals surface area contributed by atoms with Gasteiger partial charge in [0, 0.05) is 26.2 Å². The molecule has 4 heteroatoms. The summed E-state index contributed by atoms with van der Waals surface area (Å²) < 4.78 is 4.61. The number of carbonyl (C=O) groups excluding carboxylic acids is 1. The van der Waals surface area contributed by atoms with Gasteiger partial charge in [-0.05, 0) is 0 Å². The van der Waals surface area contributed by atoms with E-state index in [-0.39, 0.29) is 6.09 Å². The summed E-state index contributed by atoms with van der Waals surface area (Å²) in [6, 6.07) is 0. The zero-order valence-electron chi connectivity index (χ0n) is 7.82. The second-order valence-corrected chi connectivity index (χ2v) is 2.94. The fraction of sp³-hybridized carbons (Fsp3) is 0.667. The summed E-state index contributed by atoms with van der Waals surface area (Å²) in [4.78, 5) is 14.9. The third kappa shape index (κ3) is 2.63. The van der Waals surface area contributed by atoms with Crippen molar-refractivity contribution >= 4 is 6.09 Å². The van der Waals surface area contributed by atoms with Gasteiger partial charge < -0.3 is 9.64 Å². The van der Waals surface area contributed by atoms with Crippen LogP contribution in [-0.4, -0.2) is 55.7 Å². The van der Waals surface area contributed by atoms with Crippen LogP contribution in [0.15, 0.2) is 0 Å². The zero-order chi connectivity index (χ0) is 9.68. The van der Waals surface area contributed by atoms with Crippen molar-refractivity contribution in [2.45, 2.75) is 0 Å². The zero-order valence-corrected chi connectivity index (χ0v) is 7.82. The van der Waals surface area contributed by atoms with Crippen LogP contribution in [-0.2, 0) is 4.74 Å². The van der Waals surface area contributed by atoms with E-state index in [1.165, 1.54) is 7.11 Å². The topological polar surface area (TPSA) is 32.8 Å². The first-order valence-electron chi connectivity index (χ1n) is 4.26. The van der Waals surface area contributed by atoms with E-state index in [4.69, 9.17) is 6.42 Å². The summed E-state index contributed by atoms with van der Waals surface area (Å²) >= 11 is 0. The van der Waals surface area contributed by atoms with Crippen LogP contribution in [0.5, 0.6) is 0 Å². The number of terminal acetylenes is 1. The Morgan fingerprint density at radius 1 is 1.46 bits per heavy atom. The fourth-order valence-corrected chi connectivity index (χ4v) is 1.35. The predicted molar refractivity (Wildman–Crippen MR) is 49.3 cm³/mol. The Morgan fingerprint density at radius 3 is 2.54 bits per heavy atom. The molecular weight excluding hydrogens is 168 g/mol. The van der Waals surface area contributed by atoms with Gasteiger partial charge in [-0.15, -0.1) is 6.42 Å². The Bertz CT molecular complexity index is 214. The lowest BCUT2D eigenvalue weighted by atomic mass is 10.3. The molecule has 1 saturated heterocycles. The lowest BCUT2D eigenvalue weighted by Crippen LogP contribution is -2.48. The fourth-order valence-electron chi connectivity index (χ4n) is 1.35. The molecule has 0 bridgehead atoms. The molecule has 13 heavy (non-hydrogen) atoms. The molecule has 0 atom stereocenters. The molecule has 0 aromatic heterocycles. The van der Waals surface area contributed by atoms with Gasteiger partial charge in [-0.1, -0.05) is 5.92 Å². The highest BCUT2D eigenvalue weighted by atomic mass is 16.5. The van der Waals surface area contributed by atoms with Gasteiger partial charge in [0.25, 0.3) is 0 Å². The molecule has 0 aromatic rings. The SMILES string of the molecule is C#CCN1CCN(C(=O)OC)CC1. The molecule has 0 aliphatic carbocycles. The molecule has 1 aliphatic heterocycles. The van der Waals surface area contributed by atoms with Gasteiger partial charge >= 0.3 is 6.09 Å². The van der Waals surface area contributed by atoms with Gasteiger partial charge in [-0.2, -0.15) is 0 Å². The Kier molecular flexibility index (Phi) is 3.59. The van der Waals surface area contributed by atoms with E-state index in [1.807, 2.05) is 0 Å². The monoisotopic (exact) mass is 182 g/mol. The Morgan fingerprint density at radius 2 is 2.08 bits per heavy atom. The molecule has 0 aromatic carbocycles. The molecule has 0 radical (unpaired) electrons. The molecular formula is C9H14N2O2. The molecule has 1 amide bonds. The largest absolute Gasteiger partial charge is 0.453 e. The number of hydrogen-bond donors (Lipinski definition) is 0. The summed E-state index contributed by atoms with van der Waals surface area (Å²) in [7, 11) is 1.40. The summed E-state index contributed by atoms with van der Waals surface area (Å²) in [5.41, 5.74) is 0. The third-order valence-corrected chi connectivity index (χ3v) is 2.12. The first-order valence-corrected chi connectivity index (χ1v) is 4.26. The summed E-state index contributed by atoms with van der Waals surface area (Å²) in [6.45, 7) is 3.73. The van der Waals surface area contributed by atoms with Crippen molar-refractivity contribution in [3.05, 3.63) is 0 Å². The number of amides is 1. The average molecular weight is 182 g/mol. The van der Waals surface area contributed by atoms with Crippen LogP contribution in [0.25, 0.3) is 0 Å². The van der Waals surface area contributed by atoms with Crippen molar-refractivity contribution in [2.24, 2.45) is 0 Å². The van der Waals surface area contributed by atoms with E-state index < -0.39 is 0 Å². The van der Waals surface area contributed by atoms with E-state index in [0.29, 0.717) is 19.6 Å². The number of rotatable bonds is 1. The van der Waals surface area contributed by atoms with Crippen molar-refractivity contribution in [2.75, 3.05) is 39.8 Å². The number of carbonyl (C=O) groups is 1. The number of ether oxygens (including phenoxy) is 1. The van der Waals surface area contributed by atoms with E-state index in [1.54, 1.807) is 4.90 Å². The number of methoxy groups -OCH3 is 1. The van der Waals surface area contributed by atoms with Crippen LogP contribution in [0.3, 0.4) is 0 Å². The number of piperazine rings is 1. The number of hydrogen-bond acceptors (Lipinski definition) is 3. The average Bonchev–Trinajstić information content (AvgIpc) is 2.18. The lowest BCUT2D eigenvalue weighted by molar-refractivity contribution is 0.0951. The minimum absolute atomic E-state index is 0.250. The second-order valence-electron chi connectivity index (χ2n) is 2.94. The molecule has 1 aliphatic rings. The minimum atomic E-state index is -0.250. The van der Waals surface area contributed by atoms with Crippen LogP contribution in [0.1, 0.15) is 0 Å². The highest BCUT2D eigenvalue weighted by molar-refractivity contribution is 5.67. The molecule has 0 spiro atoms. The van der Waals surface area contributed by atoms with Crippen molar-refractivity contribution in [3.8, 4) is 12.3 Å². The lowest BCUT2D eigenvalue weighted by Gasteiger charge is -2.32. The van der Waals surface area contributed by atoms with Crippen LogP contribution in [0.2, 0.25) is 0 Å². The highest BCUT2D eigenvalue weighted by Crippen LogP contribution is 2.02. The second kappa shape index (κ2) is 4.73.